The summed E-state index contributed by atoms with van der Waals surface area (Å²) in [7, 11) is 1.46. The van der Waals surface area contributed by atoms with Crippen molar-refractivity contribution >= 4 is 35.7 Å². The summed E-state index contributed by atoms with van der Waals surface area (Å²) in [5, 5.41) is 0.500. The Kier molecular flexibility index (Phi) is 6.01. The number of hydrogen-bond donors (Lipinski definition) is 0. The molecule has 6 nitrogen and oxygen atoms in total. The van der Waals surface area contributed by atoms with Crippen molar-refractivity contribution in [2.45, 2.75) is 6.42 Å². The zero-order valence-corrected chi connectivity index (χ0v) is 19.4. The fourth-order valence-electron chi connectivity index (χ4n) is 4.43. The molecule has 8 heteroatoms. The number of halogens is 2. The molecule has 2 aromatic carbocycles. The molecular formula is C27H19ClFN3O3. The van der Waals surface area contributed by atoms with Crippen LogP contribution in [0.4, 0.5) is 15.9 Å². The van der Waals surface area contributed by atoms with Crippen LogP contribution < -0.4 is 9.64 Å². The van der Waals surface area contributed by atoms with Crippen molar-refractivity contribution in [3.63, 3.8) is 0 Å². The molecule has 2 aromatic heterocycles. The van der Waals surface area contributed by atoms with Crippen LogP contribution in [-0.4, -0.2) is 36.2 Å². The van der Waals surface area contributed by atoms with Gasteiger partial charge in [0.2, 0.25) is 5.88 Å². The number of fused-ring (bicyclic) bond motifs is 1. The van der Waals surface area contributed by atoms with E-state index in [4.69, 9.17) is 16.3 Å². The molecule has 0 saturated carbocycles. The highest BCUT2D eigenvalue weighted by atomic mass is 35.5. The number of ether oxygens (including phenoxy) is 1. The number of hydrogen-bond acceptors (Lipinski definition) is 6. The maximum absolute atomic E-state index is 14.9. The standard InChI is InChI=1S/C27H19ClFN3O3/c1-35-27-17(15-34)8-9-22(31-27)21-6-2-5-20(24(21)28)18-4-3-7-23-19(18)11-13-32(23)26-25(29)16(14-33)10-12-30-26/h2-10,12,14-15H,11,13H2,1H3. The first-order valence-corrected chi connectivity index (χ1v) is 11.2. The van der Waals surface area contributed by atoms with Gasteiger partial charge in [-0.05, 0) is 41.8 Å². The van der Waals surface area contributed by atoms with E-state index in [1.807, 2.05) is 36.4 Å². The van der Waals surface area contributed by atoms with Gasteiger partial charge in [-0.1, -0.05) is 41.9 Å². The van der Waals surface area contributed by atoms with E-state index in [0.29, 0.717) is 47.4 Å². The minimum Gasteiger partial charge on any atom is -0.480 e. The summed E-state index contributed by atoms with van der Waals surface area (Å²) < 4.78 is 20.1. The highest BCUT2D eigenvalue weighted by molar-refractivity contribution is 6.36. The van der Waals surface area contributed by atoms with Crippen LogP contribution in [0.3, 0.4) is 0 Å². The Bertz CT molecular complexity index is 1470. The van der Waals surface area contributed by atoms with Crippen LogP contribution >= 0.6 is 11.6 Å². The van der Waals surface area contributed by atoms with Crippen molar-refractivity contribution in [3.8, 4) is 28.3 Å². The van der Waals surface area contributed by atoms with Gasteiger partial charge in [0, 0.05) is 29.6 Å². The number of aldehydes is 2. The predicted molar refractivity (Wildman–Crippen MR) is 132 cm³/mol. The first-order chi connectivity index (χ1) is 17.1. The molecule has 1 aliphatic heterocycles. The van der Waals surface area contributed by atoms with Crippen molar-refractivity contribution < 1.29 is 18.7 Å². The summed E-state index contributed by atoms with van der Waals surface area (Å²) in [5.41, 5.74) is 5.13. The Hall–Kier alpha value is -4.10. The van der Waals surface area contributed by atoms with Crippen molar-refractivity contribution in [2.75, 3.05) is 18.6 Å². The molecule has 0 bridgehead atoms. The lowest BCUT2D eigenvalue weighted by molar-refractivity contribution is 0.111. The zero-order valence-electron chi connectivity index (χ0n) is 18.7. The number of carbonyl (C=O) groups is 2. The third kappa shape index (κ3) is 3.84. The van der Waals surface area contributed by atoms with E-state index < -0.39 is 5.82 Å². The van der Waals surface area contributed by atoms with E-state index >= 15 is 0 Å². The summed E-state index contributed by atoms with van der Waals surface area (Å²) in [6.07, 6.45) is 3.26. The average Bonchev–Trinajstić information content (AvgIpc) is 3.33. The fraction of sp³-hybridized carbons (Fsp3) is 0.111. The third-order valence-corrected chi connectivity index (χ3v) is 6.49. The summed E-state index contributed by atoms with van der Waals surface area (Å²) in [5.74, 6) is -0.293. The molecule has 174 valence electrons. The molecule has 0 atom stereocenters. The molecule has 3 heterocycles. The van der Waals surface area contributed by atoms with Crippen LogP contribution in [0.25, 0.3) is 22.4 Å². The molecule has 0 saturated heterocycles. The molecule has 0 amide bonds. The highest BCUT2D eigenvalue weighted by Crippen LogP contribution is 2.44. The first-order valence-electron chi connectivity index (χ1n) is 10.9. The second-order valence-corrected chi connectivity index (χ2v) is 8.32. The fourth-order valence-corrected chi connectivity index (χ4v) is 4.75. The van der Waals surface area contributed by atoms with E-state index in [1.54, 1.807) is 17.0 Å². The number of pyridine rings is 2. The largest absolute Gasteiger partial charge is 0.480 e. The van der Waals surface area contributed by atoms with E-state index in [2.05, 4.69) is 9.97 Å². The molecule has 0 radical (unpaired) electrons. The van der Waals surface area contributed by atoms with Crippen LogP contribution in [0.5, 0.6) is 5.88 Å². The molecular weight excluding hydrogens is 469 g/mol. The molecule has 5 rings (SSSR count). The molecule has 0 unspecified atom stereocenters. The van der Waals surface area contributed by atoms with Gasteiger partial charge in [0.25, 0.3) is 0 Å². The number of aromatic nitrogens is 2. The van der Waals surface area contributed by atoms with Gasteiger partial charge in [0.05, 0.1) is 29.0 Å². The number of rotatable bonds is 6. The summed E-state index contributed by atoms with van der Waals surface area (Å²) >= 11 is 6.89. The predicted octanol–water partition coefficient (Wildman–Crippen LogP) is 5.93. The van der Waals surface area contributed by atoms with E-state index in [-0.39, 0.29) is 17.3 Å². The average molecular weight is 488 g/mol. The number of benzene rings is 2. The summed E-state index contributed by atoms with van der Waals surface area (Å²) in [6, 6.07) is 16.2. The number of anilines is 2. The quantitative estimate of drug-likeness (QED) is 0.314. The van der Waals surface area contributed by atoms with E-state index in [1.165, 1.54) is 19.4 Å². The van der Waals surface area contributed by atoms with Crippen LogP contribution in [0, 0.1) is 5.82 Å². The molecule has 0 N–H and O–H groups in total. The van der Waals surface area contributed by atoms with Crippen molar-refractivity contribution in [3.05, 3.63) is 88.3 Å². The lowest BCUT2D eigenvalue weighted by atomic mass is 9.95. The number of methoxy groups -OCH3 is 1. The van der Waals surface area contributed by atoms with Gasteiger partial charge < -0.3 is 9.64 Å². The van der Waals surface area contributed by atoms with Crippen LogP contribution in [0.1, 0.15) is 26.3 Å². The Morgan fingerprint density at radius 1 is 0.971 bits per heavy atom. The van der Waals surface area contributed by atoms with Gasteiger partial charge in [0.15, 0.2) is 24.2 Å². The second-order valence-electron chi connectivity index (χ2n) is 7.94. The smallest absolute Gasteiger partial charge is 0.224 e. The van der Waals surface area contributed by atoms with Crippen molar-refractivity contribution in [1.29, 1.82) is 0 Å². The minimum atomic E-state index is -0.639. The van der Waals surface area contributed by atoms with Gasteiger partial charge in [-0.3, -0.25) is 9.59 Å². The maximum Gasteiger partial charge on any atom is 0.224 e. The van der Waals surface area contributed by atoms with Crippen molar-refractivity contribution in [2.24, 2.45) is 0 Å². The van der Waals surface area contributed by atoms with Crippen LogP contribution in [0.15, 0.2) is 60.8 Å². The SMILES string of the molecule is COc1nc(-c2cccc(-c3cccc4c3CCN4c3nccc(C=O)c3F)c2Cl)ccc1C=O. The summed E-state index contributed by atoms with van der Waals surface area (Å²) in [4.78, 5) is 32.9. The minimum absolute atomic E-state index is 0.0288. The van der Waals surface area contributed by atoms with Gasteiger partial charge >= 0.3 is 0 Å². The topological polar surface area (TPSA) is 72.4 Å². The van der Waals surface area contributed by atoms with Crippen molar-refractivity contribution in [1.82, 2.24) is 9.97 Å². The molecule has 35 heavy (non-hydrogen) atoms. The monoisotopic (exact) mass is 487 g/mol. The molecule has 0 aliphatic carbocycles. The molecule has 0 spiro atoms. The number of carbonyl (C=O) groups excluding carboxylic acids is 2. The van der Waals surface area contributed by atoms with Gasteiger partial charge in [0.1, 0.15) is 0 Å². The third-order valence-electron chi connectivity index (χ3n) is 6.09. The zero-order chi connectivity index (χ0) is 24.5. The normalized spacial score (nSPS) is 12.4. The molecule has 4 aromatic rings. The van der Waals surface area contributed by atoms with Gasteiger partial charge in [-0.15, -0.1) is 0 Å². The second kappa shape index (κ2) is 9.27. The van der Waals surface area contributed by atoms with Gasteiger partial charge in [-0.2, -0.15) is 0 Å². The Morgan fingerprint density at radius 2 is 1.71 bits per heavy atom. The van der Waals surface area contributed by atoms with Gasteiger partial charge in [-0.25, -0.2) is 14.4 Å². The summed E-state index contributed by atoms with van der Waals surface area (Å²) in [6.45, 7) is 0.516. The Balaban J connectivity index is 1.60. The number of nitrogens with zero attached hydrogens (tertiary/aromatic N) is 3. The lowest BCUT2D eigenvalue weighted by Crippen LogP contribution is -2.17. The molecule has 0 fully saturated rings. The molecule has 1 aliphatic rings. The Labute approximate surface area is 206 Å². The maximum atomic E-state index is 14.9. The highest BCUT2D eigenvalue weighted by Gasteiger charge is 2.28. The first kappa shape index (κ1) is 22.7. The van der Waals surface area contributed by atoms with Crippen LogP contribution in [0.2, 0.25) is 5.02 Å². The Morgan fingerprint density at radius 3 is 2.49 bits per heavy atom. The van der Waals surface area contributed by atoms with E-state index in [0.717, 1.165) is 22.4 Å². The lowest BCUT2D eigenvalue weighted by Gasteiger charge is -2.20. The van der Waals surface area contributed by atoms with Crippen LogP contribution in [-0.2, 0) is 6.42 Å². The van der Waals surface area contributed by atoms with E-state index in [9.17, 15) is 14.0 Å².